The van der Waals surface area contributed by atoms with Crippen molar-refractivity contribution in [2.75, 3.05) is 26.2 Å². The molecule has 0 aliphatic carbocycles. The summed E-state index contributed by atoms with van der Waals surface area (Å²) < 4.78 is 5.88. The van der Waals surface area contributed by atoms with Gasteiger partial charge in [-0.05, 0) is 42.6 Å². The van der Waals surface area contributed by atoms with Crippen LogP contribution in [0.4, 0.5) is 0 Å². The van der Waals surface area contributed by atoms with Crippen LogP contribution in [0.5, 0.6) is 5.75 Å². The summed E-state index contributed by atoms with van der Waals surface area (Å²) in [7, 11) is 0. The van der Waals surface area contributed by atoms with E-state index >= 15 is 0 Å². The summed E-state index contributed by atoms with van der Waals surface area (Å²) in [6, 6.07) is 18.3. The first-order chi connectivity index (χ1) is 11.7. The molecule has 0 spiro atoms. The predicted octanol–water partition coefficient (Wildman–Crippen LogP) is 3.53. The Morgan fingerprint density at radius 2 is 1.92 bits per heavy atom. The number of carbonyl (C=O) groups is 1. The Labute approximate surface area is 142 Å². The molecule has 2 aromatic carbocycles. The first kappa shape index (κ1) is 16.5. The molecule has 126 valence electrons. The summed E-state index contributed by atoms with van der Waals surface area (Å²) in [5.74, 6) is -0.0699. The molecule has 0 aromatic heterocycles. The Kier molecular flexibility index (Phi) is 5.49. The van der Waals surface area contributed by atoms with Crippen molar-refractivity contribution < 1.29 is 14.6 Å². The average Bonchev–Trinajstić information content (AvgIpc) is 2.63. The molecule has 4 heteroatoms. The summed E-state index contributed by atoms with van der Waals surface area (Å²) in [5, 5.41) is 9.14. The zero-order chi connectivity index (χ0) is 16.8. The van der Waals surface area contributed by atoms with Crippen molar-refractivity contribution in [1.82, 2.24) is 4.90 Å². The molecule has 1 saturated heterocycles. The number of piperidine rings is 1. The van der Waals surface area contributed by atoms with E-state index < -0.39 is 5.97 Å². The third-order valence-corrected chi connectivity index (χ3v) is 4.47. The fraction of sp³-hybridized carbons (Fsp3) is 0.350. The molecule has 0 saturated carbocycles. The molecule has 4 nitrogen and oxygen atoms in total. The summed E-state index contributed by atoms with van der Waals surface area (Å²) in [6.45, 7) is 2.92. The molecule has 1 fully saturated rings. The lowest BCUT2D eigenvalue weighted by Crippen LogP contribution is -2.40. The number of aliphatic carboxylic acids is 1. The first-order valence-electron chi connectivity index (χ1n) is 8.46. The van der Waals surface area contributed by atoms with Crippen LogP contribution in [-0.4, -0.2) is 42.2 Å². The number of likely N-dealkylation sites (tertiary alicyclic amines) is 1. The largest absolute Gasteiger partial charge is 0.492 e. The lowest BCUT2D eigenvalue weighted by molar-refractivity contribution is -0.143. The van der Waals surface area contributed by atoms with Gasteiger partial charge in [0.2, 0.25) is 0 Å². The Balaban J connectivity index is 1.53. The van der Waals surface area contributed by atoms with Gasteiger partial charge in [0.25, 0.3) is 0 Å². The van der Waals surface area contributed by atoms with Gasteiger partial charge in [0.05, 0.1) is 5.92 Å². The maximum absolute atomic E-state index is 11.1. The Bertz CT molecular complexity index is 672. The van der Waals surface area contributed by atoms with E-state index in [1.165, 1.54) is 5.56 Å². The van der Waals surface area contributed by atoms with Crippen LogP contribution in [0.15, 0.2) is 54.6 Å². The third-order valence-electron chi connectivity index (χ3n) is 4.47. The van der Waals surface area contributed by atoms with Crippen LogP contribution in [-0.2, 0) is 4.79 Å². The van der Waals surface area contributed by atoms with Crippen molar-refractivity contribution in [2.24, 2.45) is 5.92 Å². The monoisotopic (exact) mass is 325 g/mol. The van der Waals surface area contributed by atoms with Crippen LogP contribution in [0.2, 0.25) is 0 Å². The highest BCUT2D eigenvalue weighted by atomic mass is 16.5. The Morgan fingerprint density at radius 1 is 1.12 bits per heavy atom. The molecule has 1 aliphatic heterocycles. The van der Waals surface area contributed by atoms with Gasteiger partial charge in [-0.1, -0.05) is 42.5 Å². The SMILES string of the molecule is O=C(O)C1CCCN(CCOc2cccc(-c3ccccc3)c2)C1. The Hall–Kier alpha value is -2.33. The van der Waals surface area contributed by atoms with Gasteiger partial charge in [0, 0.05) is 13.1 Å². The topological polar surface area (TPSA) is 49.8 Å². The van der Waals surface area contributed by atoms with E-state index in [0.717, 1.165) is 37.2 Å². The van der Waals surface area contributed by atoms with Gasteiger partial charge in [0.15, 0.2) is 0 Å². The van der Waals surface area contributed by atoms with Crippen molar-refractivity contribution in [2.45, 2.75) is 12.8 Å². The first-order valence-corrected chi connectivity index (χ1v) is 8.46. The fourth-order valence-electron chi connectivity index (χ4n) is 3.15. The zero-order valence-corrected chi connectivity index (χ0v) is 13.7. The highest BCUT2D eigenvalue weighted by Gasteiger charge is 2.24. The van der Waals surface area contributed by atoms with Gasteiger partial charge in [-0.3, -0.25) is 9.69 Å². The number of hydrogen-bond acceptors (Lipinski definition) is 3. The Morgan fingerprint density at radius 3 is 2.71 bits per heavy atom. The van der Waals surface area contributed by atoms with E-state index in [1.54, 1.807) is 0 Å². The van der Waals surface area contributed by atoms with Gasteiger partial charge < -0.3 is 9.84 Å². The van der Waals surface area contributed by atoms with Gasteiger partial charge >= 0.3 is 5.97 Å². The van der Waals surface area contributed by atoms with E-state index in [0.29, 0.717) is 13.2 Å². The van der Waals surface area contributed by atoms with Crippen LogP contribution in [0.3, 0.4) is 0 Å². The summed E-state index contributed by atoms with van der Waals surface area (Å²) in [6.07, 6.45) is 1.73. The van der Waals surface area contributed by atoms with Crippen LogP contribution in [0, 0.1) is 5.92 Å². The second kappa shape index (κ2) is 7.97. The number of nitrogens with zero attached hydrogens (tertiary/aromatic N) is 1. The second-order valence-corrected chi connectivity index (χ2v) is 6.22. The molecule has 1 N–H and O–H groups in total. The number of carboxylic acid groups (broad SMARTS) is 1. The summed E-state index contributed by atoms with van der Waals surface area (Å²) in [5.41, 5.74) is 2.31. The molecule has 3 rings (SSSR count). The van der Waals surface area contributed by atoms with Gasteiger partial charge in [-0.2, -0.15) is 0 Å². The lowest BCUT2D eigenvalue weighted by atomic mass is 9.98. The van der Waals surface area contributed by atoms with E-state index in [-0.39, 0.29) is 5.92 Å². The van der Waals surface area contributed by atoms with E-state index in [2.05, 4.69) is 23.1 Å². The fourth-order valence-corrected chi connectivity index (χ4v) is 3.15. The smallest absolute Gasteiger partial charge is 0.307 e. The molecule has 2 aromatic rings. The molecule has 0 radical (unpaired) electrons. The normalized spacial score (nSPS) is 18.2. The standard InChI is InChI=1S/C20H23NO3/c22-20(23)18-9-5-11-21(15-18)12-13-24-19-10-4-8-17(14-19)16-6-2-1-3-7-16/h1-4,6-8,10,14,18H,5,9,11-13,15H2,(H,22,23). The number of ether oxygens (including phenoxy) is 1. The van der Waals surface area contributed by atoms with Gasteiger partial charge in [0.1, 0.15) is 12.4 Å². The van der Waals surface area contributed by atoms with Crippen LogP contribution in [0.25, 0.3) is 11.1 Å². The van der Waals surface area contributed by atoms with E-state index in [4.69, 9.17) is 9.84 Å². The third kappa shape index (κ3) is 4.36. The van der Waals surface area contributed by atoms with E-state index in [1.807, 2.05) is 36.4 Å². The molecule has 1 heterocycles. The quantitative estimate of drug-likeness (QED) is 0.883. The van der Waals surface area contributed by atoms with Gasteiger partial charge in [-0.15, -0.1) is 0 Å². The highest BCUT2D eigenvalue weighted by Crippen LogP contribution is 2.23. The van der Waals surface area contributed by atoms with Crippen molar-refractivity contribution in [3.8, 4) is 16.9 Å². The number of hydrogen-bond donors (Lipinski definition) is 1. The van der Waals surface area contributed by atoms with Crippen molar-refractivity contribution in [1.29, 1.82) is 0 Å². The molecular formula is C20H23NO3. The zero-order valence-electron chi connectivity index (χ0n) is 13.7. The average molecular weight is 325 g/mol. The summed E-state index contributed by atoms with van der Waals surface area (Å²) in [4.78, 5) is 13.3. The predicted molar refractivity (Wildman–Crippen MR) is 94.2 cm³/mol. The number of benzene rings is 2. The molecule has 1 aliphatic rings. The molecule has 0 amide bonds. The molecular weight excluding hydrogens is 302 g/mol. The van der Waals surface area contributed by atoms with Crippen molar-refractivity contribution in [3.05, 3.63) is 54.6 Å². The van der Waals surface area contributed by atoms with Crippen molar-refractivity contribution >= 4 is 5.97 Å². The van der Waals surface area contributed by atoms with Gasteiger partial charge in [-0.25, -0.2) is 0 Å². The minimum atomic E-state index is -0.684. The second-order valence-electron chi connectivity index (χ2n) is 6.22. The highest BCUT2D eigenvalue weighted by molar-refractivity contribution is 5.70. The molecule has 24 heavy (non-hydrogen) atoms. The van der Waals surface area contributed by atoms with Crippen LogP contribution in [0.1, 0.15) is 12.8 Å². The number of rotatable bonds is 6. The minimum absolute atomic E-state index is 0.236. The minimum Gasteiger partial charge on any atom is -0.492 e. The van der Waals surface area contributed by atoms with Crippen molar-refractivity contribution in [3.63, 3.8) is 0 Å². The lowest BCUT2D eigenvalue weighted by Gasteiger charge is -2.30. The summed E-state index contributed by atoms with van der Waals surface area (Å²) >= 11 is 0. The number of carboxylic acids is 1. The maximum atomic E-state index is 11.1. The van der Waals surface area contributed by atoms with Crippen LogP contribution >= 0.6 is 0 Å². The maximum Gasteiger partial charge on any atom is 0.307 e. The molecule has 1 unspecified atom stereocenters. The molecule has 0 bridgehead atoms. The van der Waals surface area contributed by atoms with E-state index in [9.17, 15) is 4.79 Å². The van der Waals surface area contributed by atoms with Crippen LogP contribution < -0.4 is 4.74 Å². The molecule has 1 atom stereocenters.